The van der Waals surface area contributed by atoms with Crippen LogP contribution in [-0.4, -0.2) is 35.6 Å². The Morgan fingerprint density at radius 3 is 2.76 bits per heavy atom. The van der Waals surface area contributed by atoms with Crippen LogP contribution in [0.5, 0.6) is 5.75 Å². The van der Waals surface area contributed by atoms with E-state index in [-0.39, 0.29) is 11.3 Å². The van der Waals surface area contributed by atoms with Gasteiger partial charge in [-0.3, -0.25) is 9.20 Å². The molecule has 1 aliphatic heterocycles. The maximum Gasteiger partial charge on any atom is 0.270 e. The molecule has 0 amide bonds. The lowest BCUT2D eigenvalue weighted by Crippen LogP contribution is -2.33. The highest BCUT2D eigenvalue weighted by Crippen LogP contribution is 2.50. The van der Waals surface area contributed by atoms with E-state index in [9.17, 15) is 9.90 Å². The summed E-state index contributed by atoms with van der Waals surface area (Å²) in [6.45, 7) is 1.92. The number of anilines is 2. The summed E-state index contributed by atoms with van der Waals surface area (Å²) in [6.07, 6.45) is 7.43. The maximum absolute atomic E-state index is 13.4. The van der Waals surface area contributed by atoms with Crippen LogP contribution in [0.15, 0.2) is 65.8 Å². The topological polar surface area (TPSA) is 109 Å². The van der Waals surface area contributed by atoms with Crippen molar-refractivity contribution in [3.8, 4) is 11.4 Å². The van der Waals surface area contributed by atoms with Gasteiger partial charge >= 0.3 is 0 Å². The zero-order valence-electron chi connectivity index (χ0n) is 18.2. The highest BCUT2D eigenvalue weighted by molar-refractivity contribution is 5.78. The summed E-state index contributed by atoms with van der Waals surface area (Å²) < 4.78 is 3.26. The summed E-state index contributed by atoms with van der Waals surface area (Å²) in [7, 11) is 0. The molecule has 1 spiro atoms. The fraction of sp³-hybridized carbons (Fsp3) is 0.200. The van der Waals surface area contributed by atoms with Crippen LogP contribution in [0.25, 0.3) is 22.5 Å². The number of nitrogens with zero attached hydrogens (tertiary/aromatic N) is 5. The minimum atomic E-state index is -0.277. The normalized spacial score (nSPS) is 16.1. The van der Waals surface area contributed by atoms with Gasteiger partial charge in [-0.15, -0.1) is 0 Å². The number of rotatable bonds is 3. The number of imidazole rings is 1. The van der Waals surface area contributed by atoms with Crippen molar-refractivity contribution in [2.24, 2.45) is 0 Å². The third-order valence-corrected chi connectivity index (χ3v) is 6.92. The van der Waals surface area contributed by atoms with Crippen LogP contribution in [0.4, 0.5) is 11.6 Å². The van der Waals surface area contributed by atoms with Gasteiger partial charge in [0.2, 0.25) is 11.7 Å². The molecule has 7 rings (SSSR count). The molecule has 168 valence electrons. The molecule has 3 N–H and O–H groups in total. The molecule has 3 aromatic heterocycles. The fourth-order valence-corrected chi connectivity index (χ4v) is 5.03. The van der Waals surface area contributed by atoms with Crippen molar-refractivity contribution in [3.63, 3.8) is 0 Å². The fourth-order valence-electron chi connectivity index (χ4n) is 5.03. The van der Waals surface area contributed by atoms with Crippen LogP contribution in [0.2, 0.25) is 0 Å². The van der Waals surface area contributed by atoms with Crippen molar-refractivity contribution in [2.75, 3.05) is 11.9 Å². The Morgan fingerprint density at radius 2 is 1.94 bits per heavy atom. The number of phenolic OH excluding ortho intramolecular Hbond substituents is 1. The lowest BCUT2D eigenvalue weighted by molar-refractivity contribution is 0.475. The minimum absolute atomic E-state index is 0.126. The number of fused-ring (bicyclic) bond motifs is 5. The number of phenols is 1. The van der Waals surface area contributed by atoms with Crippen LogP contribution in [0.3, 0.4) is 0 Å². The SMILES string of the molecule is O=c1c2cnc(Nc3ccc4c(c3)CNCC43CC3)nc2n2ccnc2n1-c1ccc(O)cc1. The number of hydrogen-bond acceptors (Lipinski definition) is 7. The minimum Gasteiger partial charge on any atom is -0.508 e. The van der Waals surface area contributed by atoms with E-state index in [2.05, 4.69) is 43.8 Å². The summed E-state index contributed by atoms with van der Waals surface area (Å²) in [5, 5.41) is 16.8. The summed E-state index contributed by atoms with van der Waals surface area (Å²) in [4.78, 5) is 26.8. The number of hydrogen-bond donors (Lipinski definition) is 3. The standard InChI is InChI=1S/C25H21N7O2/c33-18-4-2-17(3-5-18)32-22(34)19-13-28-23(30-21(19)31-10-9-27-24(31)32)29-16-1-6-20-15(11-16)12-26-14-25(20)7-8-25/h1-6,9-11,13,26,33H,7-8,12,14H2,(H,28,29,30). The van der Waals surface area contributed by atoms with Gasteiger partial charge in [0, 0.05) is 42.8 Å². The monoisotopic (exact) mass is 451 g/mol. The quantitative estimate of drug-likeness (QED) is 0.387. The van der Waals surface area contributed by atoms with Crippen LogP contribution in [0.1, 0.15) is 24.0 Å². The molecule has 1 aliphatic carbocycles. The Morgan fingerprint density at radius 1 is 1.09 bits per heavy atom. The number of nitrogens with one attached hydrogen (secondary N) is 2. The lowest BCUT2D eigenvalue weighted by Gasteiger charge is -2.26. The highest BCUT2D eigenvalue weighted by Gasteiger charge is 2.46. The lowest BCUT2D eigenvalue weighted by atomic mass is 9.88. The Balaban J connectivity index is 1.31. The van der Waals surface area contributed by atoms with Crippen LogP contribution < -0.4 is 16.2 Å². The molecule has 9 heteroatoms. The predicted octanol–water partition coefficient (Wildman–Crippen LogP) is 3.01. The first-order chi connectivity index (χ1) is 16.6. The van der Waals surface area contributed by atoms with Crippen molar-refractivity contribution in [3.05, 3.63) is 82.5 Å². The van der Waals surface area contributed by atoms with E-state index in [1.807, 2.05) is 0 Å². The molecule has 9 nitrogen and oxygen atoms in total. The molecule has 2 aromatic carbocycles. The molecule has 2 aliphatic rings. The average Bonchev–Trinajstić information content (AvgIpc) is 3.44. The van der Waals surface area contributed by atoms with E-state index >= 15 is 0 Å². The molecule has 0 bridgehead atoms. The Kier molecular flexibility index (Phi) is 3.89. The second-order valence-corrected chi connectivity index (χ2v) is 9.07. The van der Waals surface area contributed by atoms with Crippen LogP contribution in [0, 0.1) is 0 Å². The van der Waals surface area contributed by atoms with Crippen molar-refractivity contribution in [1.82, 2.24) is 29.2 Å². The number of aromatic nitrogens is 5. The first kappa shape index (κ1) is 19.2. The van der Waals surface area contributed by atoms with Crippen molar-refractivity contribution in [2.45, 2.75) is 24.8 Å². The number of benzene rings is 2. The summed E-state index contributed by atoms with van der Waals surface area (Å²) >= 11 is 0. The molecule has 0 unspecified atom stereocenters. The van der Waals surface area contributed by atoms with Gasteiger partial charge in [-0.2, -0.15) is 4.98 Å². The second kappa shape index (κ2) is 6.88. The van der Waals surface area contributed by atoms with Crippen molar-refractivity contribution in [1.29, 1.82) is 0 Å². The zero-order chi connectivity index (χ0) is 22.9. The van der Waals surface area contributed by atoms with Gasteiger partial charge in [0.25, 0.3) is 5.56 Å². The molecule has 0 atom stereocenters. The Bertz CT molecular complexity index is 1650. The molecule has 0 saturated heterocycles. The van der Waals surface area contributed by atoms with Gasteiger partial charge in [-0.25, -0.2) is 14.5 Å². The van der Waals surface area contributed by atoms with Gasteiger partial charge < -0.3 is 15.7 Å². The molecule has 0 radical (unpaired) electrons. The summed E-state index contributed by atoms with van der Waals surface area (Å²) in [6, 6.07) is 12.9. The largest absolute Gasteiger partial charge is 0.508 e. The highest BCUT2D eigenvalue weighted by atomic mass is 16.3. The van der Waals surface area contributed by atoms with Gasteiger partial charge in [-0.05, 0) is 60.4 Å². The molecule has 1 saturated carbocycles. The Hall–Kier alpha value is -4.24. The molecule has 5 aromatic rings. The van der Waals surface area contributed by atoms with E-state index in [0.29, 0.717) is 33.9 Å². The summed E-state index contributed by atoms with van der Waals surface area (Å²) in [5.74, 6) is 0.970. The number of aromatic hydroxyl groups is 1. The third kappa shape index (κ3) is 2.83. The first-order valence-electron chi connectivity index (χ1n) is 11.3. The van der Waals surface area contributed by atoms with Crippen molar-refractivity contribution >= 4 is 28.4 Å². The third-order valence-electron chi connectivity index (χ3n) is 6.92. The molecular formula is C25H21N7O2. The van der Waals surface area contributed by atoms with Crippen molar-refractivity contribution < 1.29 is 5.11 Å². The second-order valence-electron chi connectivity index (χ2n) is 9.07. The van der Waals surface area contributed by atoms with Crippen LogP contribution >= 0.6 is 0 Å². The molecule has 34 heavy (non-hydrogen) atoms. The van der Waals surface area contributed by atoms with E-state index in [1.54, 1.807) is 35.1 Å². The summed E-state index contributed by atoms with van der Waals surface area (Å²) in [5.41, 5.74) is 4.79. The zero-order valence-corrected chi connectivity index (χ0v) is 18.2. The predicted molar refractivity (Wildman–Crippen MR) is 128 cm³/mol. The maximum atomic E-state index is 13.4. The van der Waals surface area contributed by atoms with Gasteiger partial charge in [0.05, 0.1) is 5.69 Å². The van der Waals surface area contributed by atoms with E-state index in [1.165, 1.54) is 40.7 Å². The van der Waals surface area contributed by atoms with Gasteiger partial charge in [0.1, 0.15) is 11.1 Å². The van der Waals surface area contributed by atoms with E-state index in [0.717, 1.165) is 18.8 Å². The molecule has 4 heterocycles. The molecule has 1 fully saturated rings. The average molecular weight is 451 g/mol. The molecular weight excluding hydrogens is 430 g/mol. The van der Waals surface area contributed by atoms with Gasteiger partial charge in [-0.1, -0.05) is 6.07 Å². The Labute approximate surface area is 193 Å². The van der Waals surface area contributed by atoms with Crippen LogP contribution in [-0.2, 0) is 12.0 Å². The smallest absolute Gasteiger partial charge is 0.270 e. The van der Waals surface area contributed by atoms with E-state index in [4.69, 9.17) is 0 Å². The van der Waals surface area contributed by atoms with E-state index < -0.39 is 0 Å². The first-order valence-corrected chi connectivity index (χ1v) is 11.3. The van der Waals surface area contributed by atoms with Gasteiger partial charge in [0.15, 0.2) is 5.65 Å².